The molecule has 0 bridgehead atoms. The molecule has 6 heteroatoms. The molecule has 1 unspecified atom stereocenters. The second-order valence-electron chi connectivity index (χ2n) is 9.28. The standard InChI is InChI=1S/C23H34BrNO3S/c1-7-28-16(2)23(25-29(26)21(3,4)5)20-14-18(24)9-8-17(20)15-22(23)12-10-19(27-6)11-13-22/h8-9,14,19,25H,2,7,10-13,15H2,1,3-6H3/t19?,22?,23-,29?/m0/s1. The Bertz CT molecular complexity index is 755. The van der Waals surface area contributed by atoms with Gasteiger partial charge in [-0.3, -0.25) is 0 Å². The normalized spacial score (nSPS) is 30.2. The van der Waals surface area contributed by atoms with Crippen LogP contribution in [0.4, 0.5) is 0 Å². The maximum absolute atomic E-state index is 13.4. The van der Waals surface area contributed by atoms with Gasteiger partial charge in [-0.1, -0.05) is 28.6 Å². The van der Waals surface area contributed by atoms with Crippen LogP contribution in [0.1, 0.15) is 64.5 Å². The molecule has 2 atom stereocenters. The minimum atomic E-state index is -1.28. The molecule has 1 N–H and O–H groups in total. The molecule has 0 aromatic heterocycles. The van der Waals surface area contributed by atoms with Crippen molar-refractivity contribution in [3.05, 3.63) is 46.1 Å². The summed E-state index contributed by atoms with van der Waals surface area (Å²) < 4.78 is 29.4. The van der Waals surface area contributed by atoms with Gasteiger partial charge in [-0.15, -0.1) is 4.72 Å². The van der Waals surface area contributed by atoms with Gasteiger partial charge in [0.05, 0.1) is 12.7 Å². The molecule has 2 aliphatic rings. The van der Waals surface area contributed by atoms with Gasteiger partial charge in [0.15, 0.2) is 5.54 Å². The molecule has 1 aromatic rings. The third-order valence-corrected chi connectivity index (χ3v) is 8.66. The number of methoxy groups -OCH3 is 1. The minimum Gasteiger partial charge on any atom is -0.598 e. The molecule has 1 saturated carbocycles. The summed E-state index contributed by atoms with van der Waals surface area (Å²) >= 11 is 2.37. The number of fused-ring (bicyclic) bond motifs is 1. The molecule has 0 heterocycles. The summed E-state index contributed by atoms with van der Waals surface area (Å²) in [6, 6.07) is 6.43. The van der Waals surface area contributed by atoms with E-state index in [1.807, 2.05) is 27.7 Å². The molecule has 0 amide bonds. The zero-order chi connectivity index (χ0) is 21.4. The Morgan fingerprint density at radius 3 is 2.55 bits per heavy atom. The number of ether oxygens (including phenoxy) is 2. The number of rotatable bonds is 6. The van der Waals surface area contributed by atoms with Crippen molar-refractivity contribution in [2.45, 2.75) is 76.2 Å². The van der Waals surface area contributed by atoms with E-state index in [0.717, 1.165) is 42.1 Å². The summed E-state index contributed by atoms with van der Waals surface area (Å²) in [6.07, 6.45) is 5.11. The molecule has 0 saturated heterocycles. The van der Waals surface area contributed by atoms with E-state index >= 15 is 0 Å². The van der Waals surface area contributed by atoms with Crippen molar-refractivity contribution in [2.24, 2.45) is 5.41 Å². The molecular formula is C23H34BrNO3S. The van der Waals surface area contributed by atoms with Crippen molar-refractivity contribution in [3.8, 4) is 0 Å². The van der Waals surface area contributed by atoms with E-state index < -0.39 is 21.6 Å². The molecule has 1 aromatic carbocycles. The highest BCUT2D eigenvalue weighted by atomic mass is 79.9. The Morgan fingerprint density at radius 1 is 1.34 bits per heavy atom. The highest BCUT2D eigenvalue weighted by Crippen LogP contribution is 2.61. The van der Waals surface area contributed by atoms with Gasteiger partial charge >= 0.3 is 0 Å². The van der Waals surface area contributed by atoms with Crippen LogP contribution < -0.4 is 4.72 Å². The average Bonchev–Trinajstić information content (AvgIpc) is 2.92. The third kappa shape index (κ3) is 4.03. The van der Waals surface area contributed by atoms with Gasteiger partial charge in [0.25, 0.3) is 0 Å². The Kier molecular flexibility index (Phi) is 6.82. The van der Waals surface area contributed by atoms with Crippen LogP contribution in [0, 0.1) is 5.41 Å². The first-order valence-electron chi connectivity index (χ1n) is 10.4. The van der Waals surface area contributed by atoms with E-state index in [1.54, 1.807) is 7.11 Å². The Hall–Kier alpha value is -0.530. The van der Waals surface area contributed by atoms with E-state index in [9.17, 15) is 4.55 Å². The smallest absolute Gasteiger partial charge is 0.151 e. The van der Waals surface area contributed by atoms with Crippen LogP contribution in [0.3, 0.4) is 0 Å². The Balaban J connectivity index is 2.18. The lowest BCUT2D eigenvalue weighted by molar-refractivity contribution is -0.0156. The SMILES string of the molecule is C=C(OCC)[C@]1(N[S+]([O-])C(C)(C)C)c2cc(Br)ccc2CC12CCC(OC)CC2. The largest absolute Gasteiger partial charge is 0.598 e. The fourth-order valence-corrected chi connectivity index (χ4v) is 6.39. The molecule has 1 fully saturated rings. The Morgan fingerprint density at radius 2 is 2.00 bits per heavy atom. The fraction of sp³-hybridized carbons (Fsp3) is 0.652. The lowest BCUT2D eigenvalue weighted by Gasteiger charge is -2.50. The summed E-state index contributed by atoms with van der Waals surface area (Å²) in [5.74, 6) is 0.672. The second-order valence-corrected chi connectivity index (χ2v) is 12.2. The molecule has 29 heavy (non-hydrogen) atoms. The first kappa shape index (κ1) is 23.1. The summed E-state index contributed by atoms with van der Waals surface area (Å²) in [5, 5.41) is 0. The molecule has 162 valence electrons. The van der Waals surface area contributed by atoms with Crippen LogP contribution in [-0.2, 0) is 32.8 Å². The average molecular weight is 485 g/mol. The summed E-state index contributed by atoms with van der Waals surface area (Å²) in [6.45, 7) is 12.9. The van der Waals surface area contributed by atoms with Gasteiger partial charge in [-0.2, -0.15) is 0 Å². The molecule has 1 spiro atoms. The van der Waals surface area contributed by atoms with Gasteiger partial charge in [-0.05, 0) is 83.1 Å². The van der Waals surface area contributed by atoms with Crippen LogP contribution >= 0.6 is 15.9 Å². The summed E-state index contributed by atoms with van der Waals surface area (Å²) in [7, 11) is 1.79. The minimum absolute atomic E-state index is 0.141. The van der Waals surface area contributed by atoms with Crippen molar-refractivity contribution < 1.29 is 14.0 Å². The highest BCUT2D eigenvalue weighted by molar-refractivity contribution is 9.10. The summed E-state index contributed by atoms with van der Waals surface area (Å²) in [5.41, 5.74) is 1.58. The second kappa shape index (κ2) is 8.54. The van der Waals surface area contributed by atoms with E-state index in [2.05, 4.69) is 45.4 Å². The van der Waals surface area contributed by atoms with Crippen LogP contribution in [0.15, 0.2) is 35.0 Å². The first-order valence-corrected chi connectivity index (χ1v) is 12.4. The van der Waals surface area contributed by atoms with Crippen molar-refractivity contribution in [2.75, 3.05) is 13.7 Å². The number of halogens is 1. The van der Waals surface area contributed by atoms with E-state index in [1.165, 1.54) is 5.56 Å². The van der Waals surface area contributed by atoms with Crippen molar-refractivity contribution in [3.63, 3.8) is 0 Å². The number of hydrogen-bond donors (Lipinski definition) is 1. The molecular weight excluding hydrogens is 450 g/mol. The van der Waals surface area contributed by atoms with Crippen molar-refractivity contribution in [1.29, 1.82) is 0 Å². The lowest BCUT2D eigenvalue weighted by Crippen LogP contribution is -2.60. The predicted octanol–water partition coefficient (Wildman–Crippen LogP) is 5.38. The van der Waals surface area contributed by atoms with Crippen LogP contribution in [-0.4, -0.2) is 29.1 Å². The molecule has 0 aliphatic heterocycles. The van der Waals surface area contributed by atoms with Gasteiger partial charge in [0, 0.05) is 28.4 Å². The lowest BCUT2D eigenvalue weighted by atomic mass is 9.61. The predicted molar refractivity (Wildman–Crippen MR) is 123 cm³/mol. The van der Waals surface area contributed by atoms with E-state index in [4.69, 9.17) is 9.47 Å². The zero-order valence-corrected chi connectivity index (χ0v) is 20.7. The maximum Gasteiger partial charge on any atom is 0.151 e. The summed E-state index contributed by atoms with van der Waals surface area (Å²) in [4.78, 5) is 0. The molecule has 0 radical (unpaired) electrons. The first-order chi connectivity index (χ1) is 13.6. The van der Waals surface area contributed by atoms with Gasteiger partial charge < -0.3 is 14.0 Å². The quantitative estimate of drug-likeness (QED) is 0.435. The third-order valence-electron chi connectivity index (χ3n) is 6.56. The number of benzene rings is 1. The molecule has 3 rings (SSSR count). The van der Waals surface area contributed by atoms with Crippen molar-refractivity contribution >= 4 is 27.3 Å². The maximum atomic E-state index is 13.4. The molecule has 4 nitrogen and oxygen atoms in total. The van der Waals surface area contributed by atoms with Crippen molar-refractivity contribution in [1.82, 2.24) is 4.72 Å². The van der Waals surface area contributed by atoms with Crippen LogP contribution in [0.2, 0.25) is 0 Å². The van der Waals surface area contributed by atoms with E-state index in [-0.39, 0.29) is 11.5 Å². The zero-order valence-electron chi connectivity index (χ0n) is 18.3. The Labute approximate surface area is 187 Å². The molecule has 2 aliphatic carbocycles. The number of hydrogen-bond acceptors (Lipinski definition) is 4. The van der Waals surface area contributed by atoms with Gasteiger partial charge in [-0.25, -0.2) is 0 Å². The van der Waals surface area contributed by atoms with Crippen LogP contribution in [0.25, 0.3) is 0 Å². The monoisotopic (exact) mass is 483 g/mol. The van der Waals surface area contributed by atoms with Crippen LogP contribution in [0.5, 0.6) is 0 Å². The number of nitrogens with one attached hydrogen (secondary N) is 1. The highest BCUT2D eigenvalue weighted by Gasteiger charge is 2.63. The van der Waals surface area contributed by atoms with Gasteiger partial charge in [0.2, 0.25) is 0 Å². The van der Waals surface area contributed by atoms with Gasteiger partial charge in [0.1, 0.15) is 10.5 Å². The van der Waals surface area contributed by atoms with E-state index in [0.29, 0.717) is 12.4 Å². The topological polar surface area (TPSA) is 53.5 Å². The fourth-order valence-electron chi connectivity index (χ4n) is 5.01.